The first-order chi connectivity index (χ1) is 7.31. The lowest BCUT2D eigenvalue weighted by atomic mass is 9.95. The summed E-state index contributed by atoms with van der Waals surface area (Å²) in [5, 5.41) is 0. The molecule has 0 aromatic carbocycles. The van der Waals surface area contributed by atoms with Crippen molar-refractivity contribution in [1.82, 2.24) is 4.90 Å². The molecule has 0 saturated carbocycles. The molecule has 1 saturated heterocycles. The summed E-state index contributed by atoms with van der Waals surface area (Å²) in [7, 11) is 0. The summed E-state index contributed by atoms with van der Waals surface area (Å²) in [5.41, 5.74) is 0. The SMILES string of the molecule is CCOC(=O)C1CN([C@H]2C=CC=CC2)C1. The van der Waals surface area contributed by atoms with Crippen molar-refractivity contribution in [3.05, 3.63) is 24.3 Å². The molecule has 0 radical (unpaired) electrons. The Hall–Kier alpha value is -1.09. The van der Waals surface area contributed by atoms with Crippen molar-refractivity contribution < 1.29 is 9.53 Å². The zero-order valence-corrected chi connectivity index (χ0v) is 9.06. The lowest BCUT2D eigenvalue weighted by Crippen LogP contribution is -2.54. The first-order valence-electron chi connectivity index (χ1n) is 5.55. The second kappa shape index (κ2) is 4.62. The molecule has 1 atom stereocenters. The van der Waals surface area contributed by atoms with Crippen molar-refractivity contribution in [2.75, 3.05) is 19.7 Å². The van der Waals surface area contributed by atoms with Crippen LogP contribution in [0.5, 0.6) is 0 Å². The number of carbonyl (C=O) groups is 1. The van der Waals surface area contributed by atoms with Gasteiger partial charge in [0, 0.05) is 19.1 Å². The summed E-state index contributed by atoms with van der Waals surface area (Å²) < 4.78 is 4.98. The molecule has 0 bridgehead atoms. The van der Waals surface area contributed by atoms with Crippen molar-refractivity contribution in [2.45, 2.75) is 19.4 Å². The predicted molar refractivity (Wildman–Crippen MR) is 58.4 cm³/mol. The van der Waals surface area contributed by atoms with Crippen LogP contribution in [-0.4, -0.2) is 36.6 Å². The fraction of sp³-hybridized carbons (Fsp3) is 0.583. The maximum atomic E-state index is 11.4. The van der Waals surface area contributed by atoms with E-state index in [1.807, 2.05) is 6.92 Å². The molecule has 0 N–H and O–H groups in total. The Bertz CT molecular complexity index is 290. The van der Waals surface area contributed by atoms with Crippen LogP contribution in [0.4, 0.5) is 0 Å². The van der Waals surface area contributed by atoms with Crippen LogP contribution in [0.25, 0.3) is 0 Å². The molecule has 1 aliphatic carbocycles. The molecular formula is C12H17NO2. The highest BCUT2D eigenvalue weighted by molar-refractivity contribution is 5.74. The van der Waals surface area contributed by atoms with Crippen LogP contribution in [0.15, 0.2) is 24.3 Å². The van der Waals surface area contributed by atoms with Crippen LogP contribution in [0, 0.1) is 5.92 Å². The van der Waals surface area contributed by atoms with Gasteiger partial charge in [-0.1, -0.05) is 24.3 Å². The highest BCUT2D eigenvalue weighted by atomic mass is 16.5. The quantitative estimate of drug-likeness (QED) is 0.654. The number of nitrogens with zero attached hydrogens (tertiary/aromatic N) is 1. The van der Waals surface area contributed by atoms with E-state index in [1.54, 1.807) is 0 Å². The van der Waals surface area contributed by atoms with Gasteiger partial charge in [-0.05, 0) is 13.3 Å². The van der Waals surface area contributed by atoms with Gasteiger partial charge in [-0.2, -0.15) is 0 Å². The summed E-state index contributed by atoms with van der Waals surface area (Å²) in [4.78, 5) is 13.7. The minimum atomic E-state index is -0.0379. The average Bonchev–Trinajstić information content (AvgIpc) is 2.17. The highest BCUT2D eigenvalue weighted by Gasteiger charge is 2.36. The zero-order valence-electron chi connectivity index (χ0n) is 9.06. The molecule has 3 nitrogen and oxygen atoms in total. The van der Waals surface area contributed by atoms with Gasteiger partial charge in [0.15, 0.2) is 0 Å². The largest absolute Gasteiger partial charge is 0.466 e. The predicted octanol–water partition coefficient (Wildman–Crippen LogP) is 1.37. The van der Waals surface area contributed by atoms with Crippen LogP contribution < -0.4 is 0 Å². The van der Waals surface area contributed by atoms with E-state index < -0.39 is 0 Å². The molecule has 1 heterocycles. The lowest BCUT2D eigenvalue weighted by molar-refractivity contribution is -0.154. The number of ether oxygens (including phenoxy) is 1. The van der Waals surface area contributed by atoms with Crippen LogP contribution >= 0.6 is 0 Å². The molecule has 2 rings (SSSR count). The zero-order chi connectivity index (χ0) is 10.7. The normalized spacial score (nSPS) is 26.3. The number of rotatable bonds is 3. The monoisotopic (exact) mass is 207 g/mol. The molecule has 15 heavy (non-hydrogen) atoms. The van der Waals surface area contributed by atoms with Crippen molar-refractivity contribution in [3.63, 3.8) is 0 Å². The van der Waals surface area contributed by atoms with Crippen LogP contribution in [0.2, 0.25) is 0 Å². The van der Waals surface area contributed by atoms with Gasteiger partial charge in [-0.25, -0.2) is 0 Å². The maximum absolute atomic E-state index is 11.4. The van der Waals surface area contributed by atoms with E-state index in [0.717, 1.165) is 19.5 Å². The van der Waals surface area contributed by atoms with E-state index in [-0.39, 0.29) is 11.9 Å². The molecular weight excluding hydrogens is 190 g/mol. The van der Waals surface area contributed by atoms with Gasteiger partial charge in [-0.3, -0.25) is 9.69 Å². The molecule has 82 valence electrons. The number of hydrogen-bond acceptors (Lipinski definition) is 3. The maximum Gasteiger partial charge on any atom is 0.311 e. The van der Waals surface area contributed by atoms with Crippen molar-refractivity contribution >= 4 is 5.97 Å². The van der Waals surface area contributed by atoms with Crippen LogP contribution in [0.3, 0.4) is 0 Å². The number of carbonyl (C=O) groups excluding carboxylic acids is 1. The summed E-state index contributed by atoms with van der Waals surface area (Å²) in [6.07, 6.45) is 9.57. The Labute approximate surface area is 90.4 Å². The van der Waals surface area contributed by atoms with Gasteiger partial charge >= 0.3 is 5.97 Å². The first kappa shape index (κ1) is 10.4. The first-order valence-corrected chi connectivity index (χ1v) is 5.55. The number of likely N-dealkylation sites (tertiary alicyclic amines) is 1. The molecule has 0 unspecified atom stereocenters. The molecule has 1 fully saturated rings. The highest BCUT2D eigenvalue weighted by Crippen LogP contribution is 2.23. The Morgan fingerprint density at radius 1 is 1.47 bits per heavy atom. The third-order valence-electron chi connectivity index (χ3n) is 2.96. The van der Waals surface area contributed by atoms with Gasteiger partial charge in [-0.15, -0.1) is 0 Å². The average molecular weight is 207 g/mol. The van der Waals surface area contributed by atoms with Crippen molar-refractivity contribution in [1.29, 1.82) is 0 Å². The summed E-state index contributed by atoms with van der Waals surface area (Å²) >= 11 is 0. The van der Waals surface area contributed by atoms with Gasteiger partial charge in [0.05, 0.1) is 12.5 Å². The summed E-state index contributed by atoms with van der Waals surface area (Å²) in [6.45, 7) is 4.04. The Morgan fingerprint density at radius 3 is 2.87 bits per heavy atom. The number of allylic oxidation sites excluding steroid dienone is 2. The van der Waals surface area contributed by atoms with E-state index in [2.05, 4.69) is 29.2 Å². The molecule has 0 spiro atoms. The van der Waals surface area contributed by atoms with Crippen molar-refractivity contribution in [3.8, 4) is 0 Å². The topological polar surface area (TPSA) is 29.5 Å². The van der Waals surface area contributed by atoms with Gasteiger partial charge in [0.25, 0.3) is 0 Å². The smallest absolute Gasteiger partial charge is 0.311 e. The van der Waals surface area contributed by atoms with Crippen molar-refractivity contribution in [2.24, 2.45) is 5.92 Å². The van der Waals surface area contributed by atoms with Gasteiger partial charge in [0.2, 0.25) is 0 Å². The second-order valence-corrected chi connectivity index (χ2v) is 4.02. The molecule has 0 aromatic heterocycles. The fourth-order valence-corrected chi connectivity index (χ4v) is 2.03. The third kappa shape index (κ3) is 2.29. The molecule has 0 amide bonds. The second-order valence-electron chi connectivity index (χ2n) is 4.02. The summed E-state index contributed by atoms with van der Waals surface area (Å²) in [5.74, 6) is 0.0633. The Kier molecular flexibility index (Phi) is 3.21. The third-order valence-corrected chi connectivity index (χ3v) is 2.96. The van der Waals surface area contributed by atoms with E-state index in [9.17, 15) is 4.79 Å². The Balaban J connectivity index is 1.75. The van der Waals surface area contributed by atoms with Gasteiger partial charge in [0.1, 0.15) is 0 Å². The fourth-order valence-electron chi connectivity index (χ4n) is 2.03. The molecule has 2 aliphatic rings. The molecule has 3 heteroatoms. The minimum Gasteiger partial charge on any atom is -0.466 e. The lowest BCUT2D eigenvalue weighted by Gasteiger charge is -2.42. The molecule has 0 aromatic rings. The number of esters is 1. The van der Waals surface area contributed by atoms with E-state index in [0.29, 0.717) is 12.6 Å². The standard InChI is InChI=1S/C12H17NO2/c1-2-15-12(14)10-8-13(9-10)11-6-4-3-5-7-11/h3-6,10-11H,2,7-9H2,1H3/t11-/m0/s1. The van der Waals surface area contributed by atoms with Crippen LogP contribution in [0.1, 0.15) is 13.3 Å². The van der Waals surface area contributed by atoms with Gasteiger partial charge < -0.3 is 4.74 Å². The van der Waals surface area contributed by atoms with E-state index in [4.69, 9.17) is 4.74 Å². The minimum absolute atomic E-state index is 0.0379. The molecule has 1 aliphatic heterocycles. The van der Waals surface area contributed by atoms with E-state index in [1.165, 1.54) is 0 Å². The van der Waals surface area contributed by atoms with Crippen LogP contribution in [-0.2, 0) is 9.53 Å². The summed E-state index contributed by atoms with van der Waals surface area (Å²) in [6, 6.07) is 0.487. The number of hydrogen-bond donors (Lipinski definition) is 0. The Morgan fingerprint density at radius 2 is 2.27 bits per heavy atom. The van der Waals surface area contributed by atoms with E-state index >= 15 is 0 Å².